The van der Waals surface area contributed by atoms with E-state index >= 15 is 0 Å². The van der Waals surface area contributed by atoms with Crippen molar-refractivity contribution in [3.8, 4) is 5.88 Å². The minimum absolute atomic E-state index is 0.130. The van der Waals surface area contributed by atoms with Crippen LogP contribution in [0.3, 0.4) is 0 Å². The maximum atomic E-state index is 11.6. The first kappa shape index (κ1) is 12.3. The molecule has 1 aromatic rings. The summed E-state index contributed by atoms with van der Waals surface area (Å²) in [4.78, 5) is 7.89. The fraction of sp³-hybridized carbons (Fsp3) is 0.600. The highest BCUT2D eigenvalue weighted by Gasteiger charge is 2.31. The van der Waals surface area contributed by atoms with Crippen molar-refractivity contribution in [1.82, 2.24) is 14.3 Å². The summed E-state index contributed by atoms with van der Waals surface area (Å²) in [7, 11) is -3.11. The smallest absolute Gasteiger partial charge is 0.232 e. The van der Waals surface area contributed by atoms with Gasteiger partial charge >= 0.3 is 0 Å². The zero-order valence-corrected chi connectivity index (χ0v) is 10.4. The lowest BCUT2D eigenvalue weighted by molar-refractivity contribution is 0.206. The predicted molar refractivity (Wildman–Crippen MR) is 62.1 cm³/mol. The van der Waals surface area contributed by atoms with Crippen LogP contribution in [-0.4, -0.2) is 47.6 Å². The number of rotatable bonds is 4. The fourth-order valence-electron chi connectivity index (χ4n) is 1.75. The third-order valence-corrected chi connectivity index (χ3v) is 4.54. The van der Waals surface area contributed by atoms with Crippen LogP contribution in [0.2, 0.25) is 0 Å². The van der Waals surface area contributed by atoms with Gasteiger partial charge in [0.2, 0.25) is 15.9 Å². The van der Waals surface area contributed by atoms with E-state index in [1.54, 1.807) is 19.3 Å². The van der Waals surface area contributed by atoms with E-state index in [4.69, 9.17) is 4.74 Å². The average molecular weight is 257 g/mol. The van der Waals surface area contributed by atoms with Crippen LogP contribution in [0.4, 0.5) is 0 Å². The first-order valence-corrected chi connectivity index (χ1v) is 7.13. The SMILES string of the molecule is CCS(=O)(=O)N1CC[C@@H](Oc2cnccn2)C1. The Bertz CT molecular complexity index is 463. The molecule has 0 aromatic carbocycles. The molecular formula is C10H15N3O3S. The van der Waals surface area contributed by atoms with E-state index in [9.17, 15) is 8.42 Å². The molecule has 17 heavy (non-hydrogen) atoms. The number of hydrogen-bond acceptors (Lipinski definition) is 5. The Labute approximate surface area is 101 Å². The molecule has 94 valence electrons. The van der Waals surface area contributed by atoms with Crippen molar-refractivity contribution in [3.05, 3.63) is 18.6 Å². The molecule has 0 N–H and O–H groups in total. The maximum absolute atomic E-state index is 11.6. The molecule has 1 aromatic heterocycles. The van der Waals surface area contributed by atoms with Crippen LogP contribution in [-0.2, 0) is 10.0 Å². The number of nitrogens with zero attached hydrogens (tertiary/aromatic N) is 3. The lowest BCUT2D eigenvalue weighted by atomic mass is 10.3. The van der Waals surface area contributed by atoms with Crippen LogP contribution in [0.1, 0.15) is 13.3 Å². The Kier molecular flexibility index (Phi) is 3.58. The van der Waals surface area contributed by atoms with Crippen LogP contribution < -0.4 is 4.74 Å². The number of aromatic nitrogens is 2. The first-order valence-electron chi connectivity index (χ1n) is 5.52. The molecular weight excluding hydrogens is 242 g/mol. The van der Waals surface area contributed by atoms with E-state index in [1.807, 2.05) is 0 Å². The molecule has 0 unspecified atom stereocenters. The van der Waals surface area contributed by atoms with Crippen LogP contribution in [0.25, 0.3) is 0 Å². The topological polar surface area (TPSA) is 72.4 Å². The summed E-state index contributed by atoms with van der Waals surface area (Å²) in [6.07, 6.45) is 5.19. The van der Waals surface area contributed by atoms with Crippen molar-refractivity contribution in [2.45, 2.75) is 19.4 Å². The van der Waals surface area contributed by atoms with Gasteiger partial charge in [-0.15, -0.1) is 0 Å². The van der Waals surface area contributed by atoms with Crippen LogP contribution >= 0.6 is 0 Å². The third kappa shape index (κ3) is 2.92. The van der Waals surface area contributed by atoms with Gasteiger partial charge in [-0.2, -0.15) is 4.31 Å². The van der Waals surface area contributed by atoms with Gasteiger partial charge < -0.3 is 4.74 Å². The van der Waals surface area contributed by atoms with Gasteiger partial charge in [-0.25, -0.2) is 13.4 Å². The Hall–Kier alpha value is -1.21. The third-order valence-electron chi connectivity index (χ3n) is 2.69. The summed E-state index contributed by atoms with van der Waals surface area (Å²) >= 11 is 0. The molecule has 0 bridgehead atoms. The summed E-state index contributed by atoms with van der Waals surface area (Å²) in [5.74, 6) is 0.568. The van der Waals surface area contributed by atoms with Crippen molar-refractivity contribution < 1.29 is 13.2 Å². The lowest BCUT2D eigenvalue weighted by Gasteiger charge is -2.15. The summed E-state index contributed by atoms with van der Waals surface area (Å²) in [5, 5.41) is 0. The van der Waals surface area contributed by atoms with Crippen molar-refractivity contribution in [2.75, 3.05) is 18.8 Å². The lowest BCUT2D eigenvalue weighted by Crippen LogP contribution is -2.32. The molecule has 6 nitrogen and oxygen atoms in total. The van der Waals surface area contributed by atoms with Crippen molar-refractivity contribution in [2.24, 2.45) is 0 Å². The van der Waals surface area contributed by atoms with Crippen molar-refractivity contribution in [3.63, 3.8) is 0 Å². The predicted octanol–water partition coefficient (Wildman–Crippen LogP) is 0.279. The van der Waals surface area contributed by atoms with E-state index in [0.717, 1.165) is 0 Å². The van der Waals surface area contributed by atoms with Gasteiger partial charge in [-0.3, -0.25) is 4.98 Å². The molecule has 2 heterocycles. The molecule has 0 spiro atoms. The van der Waals surface area contributed by atoms with Crippen LogP contribution in [0, 0.1) is 0 Å². The van der Waals surface area contributed by atoms with Crippen molar-refractivity contribution >= 4 is 10.0 Å². The summed E-state index contributed by atoms with van der Waals surface area (Å²) in [6, 6.07) is 0. The monoisotopic (exact) mass is 257 g/mol. The fourth-order valence-corrected chi connectivity index (χ4v) is 2.89. The largest absolute Gasteiger partial charge is 0.472 e. The van der Waals surface area contributed by atoms with E-state index in [1.165, 1.54) is 10.5 Å². The van der Waals surface area contributed by atoms with Gasteiger partial charge in [0.05, 0.1) is 18.5 Å². The second-order valence-electron chi connectivity index (χ2n) is 3.83. The molecule has 7 heteroatoms. The second kappa shape index (κ2) is 4.97. The van der Waals surface area contributed by atoms with Gasteiger partial charge in [0, 0.05) is 18.9 Å². The molecule has 0 radical (unpaired) electrons. The van der Waals surface area contributed by atoms with E-state index in [-0.39, 0.29) is 11.9 Å². The van der Waals surface area contributed by atoms with Gasteiger partial charge in [0.25, 0.3) is 0 Å². The van der Waals surface area contributed by atoms with E-state index in [2.05, 4.69) is 9.97 Å². The molecule has 0 amide bonds. The second-order valence-corrected chi connectivity index (χ2v) is 6.09. The molecule has 0 aliphatic carbocycles. The molecule has 1 atom stereocenters. The molecule has 0 saturated carbocycles. The highest BCUT2D eigenvalue weighted by Crippen LogP contribution is 2.18. The molecule has 1 fully saturated rings. The van der Waals surface area contributed by atoms with Crippen LogP contribution in [0.15, 0.2) is 18.6 Å². The standard InChI is InChI=1S/C10H15N3O3S/c1-2-17(14,15)13-6-3-9(8-13)16-10-7-11-4-5-12-10/h4-5,7,9H,2-3,6,8H2,1H3/t9-/m1/s1. The van der Waals surface area contributed by atoms with E-state index in [0.29, 0.717) is 25.4 Å². The minimum atomic E-state index is -3.11. The molecule has 1 aliphatic heterocycles. The van der Waals surface area contributed by atoms with Gasteiger partial charge in [-0.05, 0) is 13.3 Å². The quantitative estimate of drug-likeness (QED) is 0.774. The average Bonchev–Trinajstić information content (AvgIpc) is 2.80. The Balaban J connectivity index is 1.95. The molecule has 1 saturated heterocycles. The molecule has 1 aliphatic rings. The highest BCUT2D eigenvalue weighted by molar-refractivity contribution is 7.89. The Morgan fingerprint density at radius 1 is 1.53 bits per heavy atom. The summed E-state index contributed by atoms with van der Waals surface area (Å²) in [6.45, 7) is 2.56. The van der Waals surface area contributed by atoms with Gasteiger partial charge in [0.15, 0.2) is 0 Å². The number of hydrogen-bond donors (Lipinski definition) is 0. The minimum Gasteiger partial charge on any atom is -0.472 e. The Morgan fingerprint density at radius 3 is 3.00 bits per heavy atom. The normalized spacial score (nSPS) is 21.6. The highest BCUT2D eigenvalue weighted by atomic mass is 32.2. The maximum Gasteiger partial charge on any atom is 0.232 e. The molecule has 2 rings (SSSR count). The van der Waals surface area contributed by atoms with Crippen LogP contribution in [0.5, 0.6) is 5.88 Å². The number of ether oxygens (including phenoxy) is 1. The first-order chi connectivity index (χ1) is 8.12. The van der Waals surface area contributed by atoms with Crippen molar-refractivity contribution in [1.29, 1.82) is 0 Å². The Morgan fingerprint density at radius 2 is 2.35 bits per heavy atom. The zero-order valence-electron chi connectivity index (χ0n) is 9.61. The van der Waals surface area contributed by atoms with Gasteiger partial charge in [0.1, 0.15) is 6.10 Å². The number of sulfonamides is 1. The zero-order chi connectivity index (χ0) is 12.3. The van der Waals surface area contributed by atoms with Gasteiger partial charge in [-0.1, -0.05) is 0 Å². The summed E-state index contributed by atoms with van der Waals surface area (Å²) < 4.78 is 30.3. The summed E-state index contributed by atoms with van der Waals surface area (Å²) in [5.41, 5.74) is 0. The van der Waals surface area contributed by atoms with E-state index < -0.39 is 10.0 Å².